The average molecular weight is 219 g/mol. The molecule has 1 aliphatic rings. The molecule has 0 aromatic heterocycles. The van der Waals surface area contributed by atoms with Gasteiger partial charge in [0.05, 0.1) is 0 Å². The summed E-state index contributed by atoms with van der Waals surface area (Å²) < 4.78 is 0. The highest BCUT2D eigenvalue weighted by molar-refractivity contribution is 5.94. The molecular weight excluding hydrogens is 202 g/mol. The van der Waals surface area contributed by atoms with Crippen molar-refractivity contribution >= 4 is 11.7 Å². The Labute approximate surface area is 95.4 Å². The molecular formula is C12H17N3O. The first kappa shape index (κ1) is 11.0. The number of anilines is 1. The first-order chi connectivity index (χ1) is 7.70. The molecule has 1 aliphatic heterocycles. The van der Waals surface area contributed by atoms with Crippen molar-refractivity contribution in [3.8, 4) is 0 Å². The van der Waals surface area contributed by atoms with E-state index in [0.29, 0.717) is 13.1 Å². The molecule has 1 unspecified atom stereocenters. The molecule has 2 rings (SSSR count). The number of hydrogen-bond acceptors (Lipinski definition) is 2. The average Bonchev–Trinajstić information content (AvgIpc) is 2.61. The standard InChI is InChI=1S/C12H17N3O/c1-9-2-4-11(5-3-9)15-8-10(6-7-13)14-12(15)16/h2-5,10H,6-8,13H2,1H3,(H,14,16). The third-order valence-electron chi connectivity index (χ3n) is 2.84. The Hall–Kier alpha value is -1.55. The molecule has 16 heavy (non-hydrogen) atoms. The van der Waals surface area contributed by atoms with Crippen LogP contribution in [0.4, 0.5) is 10.5 Å². The molecule has 0 aliphatic carbocycles. The maximum atomic E-state index is 11.7. The predicted molar refractivity (Wildman–Crippen MR) is 64.5 cm³/mol. The lowest BCUT2D eigenvalue weighted by molar-refractivity contribution is 0.250. The van der Waals surface area contributed by atoms with Crippen LogP contribution in [0.15, 0.2) is 24.3 Å². The maximum Gasteiger partial charge on any atom is 0.322 e. The van der Waals surface area contributed by atoms with Gasteiger partial charge < -0.3 is 11.1 Å². The van der Waals surface area contributed by atoms with Gasteiger partial charge in [0.2, 0.25) is 0 Å². The van der Waals surface area contributed by atoms with E-state index in [0.717, 1.165) is 12.1 Å². The highest BCUT2D eigenvalue weighted by Gasteiger charge is 2.28. The minimum absolute atomic E-state index is 0.0256. The fraction of sp³-hybridized carbons (Fsp3) is 0.417. The number of benzene rings is 1. The van der Waals surface area contributed by atoms with Crippen LogP contribution in [-0.2, 0) is 0 Å². The van der Waals surface area contributed by atoms with Crippen molar-refractivity contribution in [2.75, 3.05) is 18.0 Å². The van der Waals surface area contributed by atoms with Gasteiger partial charge in [-0.2, -0.15) is 0 Å². The lowest BCUT2D eigenvalue weighted by Crippen LogP contribution is -2.29. The SMILES string of the molecule is Cc1ccc(N2CC(CCN)NC2=O)cc1. The number of hydrogen-bond donors (Lipinski definition) is 2. The summed E-state index contributed by atoms with van der Waals surface area (Å²) in [6.07, 6.45) is 0.827. The number of amides is 2. The second kappa shape index (κ2) is 4.53. The van der Waals surface area contributed by atoms with E-state index >= 15 is 0 Å². The number of nitrogens with one attached hydrogen (secondary N) is 1. The van der Waals surface area contributed by atoms with Gasteiger partial charge in [-0.25, -0.2) is 4.79 Å². The second-order valence-electron chi connectivity index (χ2n) is 4.17. The molecule has 1 fully saturated rings. The normalized spacial score (nSPS) is 20.0. The van der Waals surface area contributed by atoms with Crippen LogP contribution in [0.2, 0.25) is 0 Å². The molecule has 1 atom stereocenters. The molecule has 1 aromatic carbocycles. The first-order valence-corrected chi connectivity index (χ1v) is 5.55. The molecule has 0 bridgehead atoms. The maximum absolute atomic E-state index is 11.7. The van der Waals surface area contributed by atoms with E-state index in [1.807, 2.05) is 31.2 Å². The van der Waals surface area contributed by atoms with Crippen LogP contribution >= 0.6 is 0 Å². The fourth-order valence-electron chi connectivity index (χ4n) is 1.91. The minimum atomic E-state index is -0.0256. The van der Waals surface area contributed by atoms with Crippen molar-refractivity contribution in [3.63, 3.8) is 0 Å². The van der Waals surface area contributed by atoms with Crippen LogP contribution in [0, 0.1) is 6.92 Å². The van der Waals surface area contributed by atoms with Crippen molar-refractivity contribution in [1.29, 1.82) is 0 Å². The number of aryl methyl sites for hydroxylation is 1. The Kier molecular flexibility index (Phi) is 3.10. The largest absolute Gasteiger partial charge is 0.333 e. The predicted octanol–water partition coefficient (Wildman–Crippen LogP) is 1.24. The van der Waals surface area contributed by atoms with Crippen LogP contribution in [0.3, 0.4) is 0 Å². The first-order valence-electron chi connectivity index (χ1n) is 5.55. The molecule has 1 aromatic rings. The summed E-state index contributed by atoms with van der Waals surface area (Å²) in [5, 5.41) is 2.92. The molecule has 0 saturated carbocycles. The van der Waals surface area contributed by atoms with Crippen LogP contribution in [0.1, 0.15) is 12.0 Å². The van der Waals surface area contributed by atoms with Crippen molar-refractivity contribution in [2.45, 2.75) is 19.4 Å². The van der Waals surface area contributed by atoms with Crippen LogP contribution in [0.25, 0.3) is 0 Å². The molecule has 4 heteroatoms. The lowest BCUT2D eigenvalue weighted by Gasteiger charge is -2.14. The molecule has 2 amide bonds. The van der Waals surface area contributed by atoms with Gasteiger partial charge in [0.1, 0.15) is 0 Å². The zero-order valence-corrected chi connectivity index (χ0v) is 9.44. The number of carbonyl (C=O) groups excluding carboxylic acids is 1. The van der Waals surface area contributed by atoms with Gasteiger partial charge in [0, 0.05) is 18.3 Å². The zero-order valence-electron chi connectivity index (χ0n) is 9.44. The summed E-state index contributed by atoms with van der Waals surface area (Å²) in [6.45, 7) is 3.34. The van der Waals surface area contributed by atoms with Gasteiger partial charge in [0.25, 0.3) is 0 Å². The molecule has 86 valence electrons. The third-order valence-corrected chi connectivity index (χ3v) is 2.84. The summed E-state index contributed by atoms with van der Waals surface area (Å²) in [5.74, 6) is 0. The molecule has 3 N–H and O–H groups in total. The van der Waals surface area contributed by atoms with Gasteiger partial charge in [0.15, 0.2) is 0 Å². The minimum Gasteiger partial charge on any atom is -0.333 e. The van der Waals surface area contributed by atoms with Crippen molar-refractivity contribution in [2.24, 2.45) is 5.73 Å². The highest BCUT2D eigenvalue weighted by atomic mass is 16.2. The molecule has 1 saturated heterocycles. The van der Waals surface area contributed by atoms with E-state index < -0.39 is 0 Å². The Morgan fingerprint density at radius 1 is 1.44 bits per heavy atom. The van der Waals surface area contributed by atoms with E-state index in [1.54, 1.807) is 4.90 Å². The van der Waals surface area contributed by atoms with E-state index in [2.05, 4.69) is 5.32 Å². The Balaban J connectivity index is 2.10. The van der Waals surface area contributed by atoms with Crippen LogP contribution in [-0.4, -0.2) is 25.2 Å². The van der Waals surface area contributed by atoms with E-state index in [-0.39, 0.29) is 12.1 Å². The van der Waals surface area contributed by atoms with Crippen molar-refractivity contribution < 1.29 is 4.79 Å². The summed E-state index contributed by atoms with van der Waals surface area (Å²) in [5.41, 5.74) is 7.63. The molecule has 0 spiro atoms. The summed E-state index contributed by atoms with van der Waals surface area (Å²) in [7, 11) is 0. The van der Waals surface area contributed by atoms with E-state index in [1.165, 1.54) is 5.56 Å². The Morgan fingerprint density at radius 3 is 2.75 bits per heavy atom. The number of urea groups is 1. The van der Waals surface area contributed by atoms with Crippen LogP contribution < -0.4 is 16.0 Å². The Morgan fingerprint density at radius 2 is 2.12 bits per heavy atom. The third kappa shape index (κ3) is 2.17. The number of nitrogens with zero attached hydrogens (tertiary/aromatic N) is 1. The van der Waals surface area contributed by atoms with Gasteiger partial charge in [-0.05, 0) is 32.0 Å². The number of carbonyl (C=O) groups is 1. The monoisotopic (exact) mass is 219 g/mol. The summed E-state index contributed by atoms with van der Waals surface area (Å²) >= 11 is 0. The number of nitrogens with two attached hydrogens (primary N) is 1. The van der Waals surface area contributed by atoms with Crippen LogP contribution in [0.5, 0.6) is 0 Å². The van der Waals surface area contributed by atoms with Crippen molar-refractivity contribution in [3.05, 3.63) is 29.8 Å². The van der Waals surface area contributed by atoms with Gasteiger partial charge in [-0.15, -0.1) is 0 Å². The molecule has 4 nitrogen and oxygen atoms in total. The smallest absolute Gasteiger partial charge is 0.322 e. The quantitative estimate of drug-likeness (QED) is 0.803. The molecule has 1 heterocycles. The Bertz CT molecular complexity index is 374. The van der Waals surface area contributed by atoms with Gasteiger partial charge in [-0.3, -0.25) is 4.90 Å². The van der Waals surface area contributed by atoms with Gasteiger partial charge >= 0.3 is 6.03 Å². The van der Waals surface area contributed by atoms with Gasteiger partial charge in [-0.1, -0.05) is 17.7 Å². The highest BCUT2D eigenvalue weighted by Crippen LogP contribution is 2.19. The fourth-order valence-corrected chi connectivity index (χ4v) is 1.91. The number of rotatable bonds is 3. The van der Waals surface area contributed by atoms with Crippen molar-refractivity contribution in [1.82, 2.24) is 5.32 Å². The lowest BCUT2D eigenvalue weighted by atomic mass is 10.2. The summed E-state index contributed by atoms with van der Waals surface area (Å²) in [4.78, 5) is 13.5. The second-order valence-corrected chi connectivity index (χ2v) is 4.17. The van der Waals surface area contributed by atoms with E-state index in [4.69, 9.17) is 5.73 Å². The summed E-state index contributed by atoms with van der Waals surface area (Å²) in [6, 6.07) is 8.12. The zero-order chi connectivity index (χ0) is 11.5. The topological polar surface area (TPSA) is 58.4 Å². The molecule has 0 radical (unpaired) electrons. The van der Waals surface area contributed by atoms with E-state index in [9.17, 15) is 4.79 Å².